The third-order valence-electron chi connectivity index (χ3n) is 4.93. The molecule has 0 radical (unpaired) electrons. The zero-order valence-corrected chi connectivity index (χ0v) is 19.1. The van der Waals surface area contributed by atoms with Gasteiger partial charge in [0, 0.05) is 11.4 Å². The third kappa shape index (κ3) is 5.48. The van der Waals surface area contributed by atoms with E-state index in [4.69, 9.17) is 20.9 Å². The molecule has 0 aliphatic rings. The molecule has 4 aromatic rings. The summed E-state index contributed by atoms with van der Waals surface area (Å²) in [5.41, 5.74) is 12.7. The highest BCUT2D eigenvalue weighted by molar-refractivity contribution is 7.91. The number of rotatable bonds is 6. The zero-order valence-electron chi connectivity index (χ0n) is 18.3. The van der Waals surface area contributed by atoms with E-state index >= 15 is 0 Å². The number of ether oxygens (including phenoxy) is 2. The highest BCUT2D eigenvalue weighted by Gasteiger charge is 2.19. The molecule has 0 spiro atoms. The van der Waals surface area contributed by atoms with Crippen LogP contribution in [0.25, 0.3) is 0 Å². The second-order valence-corrected chi connectivity index (χ2v) is 9.43. The average molecular weight is 489 g/mol. The molecular formula is C26H20N2O6S. The molecule has 0 amide bonds. The van der Waals surface area contributed by atoms with Crippen molar-refractivity contribution in [2.45, 2.75) is 9.79 Å². The van der Waals surface area contributed by atoms with Crippen molar-refractivity contribution in [3.8, 4) is 11.5 Å². The van der Waals surface area contributed by atoms with Gasteiger partial charge in [0.15, 0.2) is 0 Å². The van der Waals surface area contributed by atoms with Crippen LogP contribution in [0, 0.1) is 0 Å². The summed E-state index contributed by atoms with van der Waals surface area (Å²) in [6.45, 7) is 0. The number of hydrogen-bond donors (Lipinski definition) is 2. The van der Waals surface area contributed by atoms with Crippen LogP contribution in [-0.4, -0.2) is 20.4 Å². The number of nitrogen functional groups attached to an aromatic ring is 2. The van der Waals surface area contributed by atoms with Gasteiger partial charge in [0.05, 0.1) is 20.9 Å². The molecular weight excluding hydrogens is 468 g/mol. The Bertz CT molecular complexity index is 1390. The van der Waals surface area contributed by atoms with Crippen molar-refractivity contribution in [1.82, 2.24) is 0 Å². The van der Waals surface area contributed by atoms with E-state index in [9.17, 15) is 18.0 Å². The van der Waals surface area contributed by atoms with Crippen LogP contribution in [0.15, 0.2) is 107 Å². The predicted octanol–water partition coefficient (Wildman–Crippen LogP) is 4.12. The first kappa shape index (κ1) is 23.5. The summed E-state index contributed by atoms with van der Waals surface area (Å²) in [5.74, 6) is -0.868. The topological polar surface area (TPSA) is 139 Å². The van der Waals surface area contributed by atoms with Crippen molar-refractivity contribution in [1.29, 1.82) is 0 Å². The molecule has 0 aliphatic heterocycles. The Hall–Kier alpha value is -4.63. The van der Waals surface area contributed by atoms with Gasteiger partial charge in [-0.3, -0.25) is 0 Å². The maximum Gasteiger partial charge on any atom is 0.343 e. The first-order valence-electron chi connectivity index (χ1n) is 10.3. The molecule has 0 aliphatic carbocycles. The first-order valence-corrected chi connectivity index (χ1v) is 11.8. The van der Waals surface area contributed by atoms with Crippen molar-refractivity contribution in [3.63, 3.8) is 0 Å². The molecule has 176 valence electrons. The Morgan fingerprint density at radius 3 is 1.29 bits per heavy atom. The Morgan fingerprint density at radius 2 is 0.943 bits per heavy atom. The minimum Gasteiger partial charge on any atom is -0.423 e. The number of esters is 2. The lowest BCUT2D eigenvalue weighted by Gasteiger charge is -2.09. The lowest BCUT2D eigenvalue weighted by molar-refractivity contribution is 0.0725. The SMILES string of the molecule is Nc1cccc(C(=O)Oc2ccc(S(=O)(=O)c3ccc(OC(=O)c4cccc(N)c4)cc3)cc2)c1. The Kier molecular flexibility index (Phi) is 6.52. The van der Waals surface area contributed by atoms with Crippen molar-refractivity contribution in [2.75, 3.05) is 11.5 Å². The average Bonchev–Trinajstić information content (AvgIpc) is 2.85. The number of carbonyl (C=O) groups excluding carboxylic acids is 2. The maximum atomic E-state index is 13.0. The number of benzene rings is 4. The summed E-state index contributed by atoms with van der Waals surface area (Å²) < 4.78 is 36.5. The zero-order chi connectivity index (χ0) is 25.0. The van der Waals surface area contributed by atoms with Crippen molar-refractivity contribution < 1.29 is 27.5 Å². The van der Waals surface area contributed by atoms with Gasteiger partial charge < -0.3 is 20.9 Å². The molecule has 8 nitrogen and oxygen atoms in total. The lowest BCUT2D eigenvalue weighted by Crippen LogP contribution is -2.09. The Labute approximate surface area is 201 Å². The van der Waals surface area contributed by atoms with Gasteiger partial charge in [0.1, 0.15) is 11.5 Å². The van der Waals surface area contributed by atoms with Crippen LogP contribution in [0.4, 0.5) is 11.4 Å². The molecule has 0 heterocycles. The van der Waals surface area contributed by atoms with E-state index in [0.717, 1.165) is 0 Å². The van der Waals surface area contributed by atoms with Gasteiger partial charge in [-0.05, 0) is 84.9 Å². The van der Waals surface area contributed by atoms with Gasteiger partial charge in [-0.15, -0.1) is 0 Å². The van der Waals surface area contributed by atoms with Gasteiger partial charge in [-0.25, -0.2) is 18.0 Å². The van der Waals surface area contributed by atoms with Gasteiger partial charge in [0.2, 0.25) is 9.84 Å². The summed E-state index contributed by atoms with van der Waals surface area (Å²) >= 11 is 0. The van der Waals surface area contributed by atoms with Crippen LogP contribution >= 0.6 is 0 Å². The fraction of sp³-hybridized carbons (Fsp3) is 0. The van der Waals surface area contributed by atoms with Crippen LogP contribution in [-0.2, 0) is 9.84 Å². The summed E-state index contributed by atoms with van der Waals surface area (Å²) in [7, 11) is -3.86. The second kappa shape index (κ2) is 9.70. The first-order chi connectivity index (χ1) is 16.7. The number of hydrogen-bond acceptors (Lipinski definition) is 8. The normalized spacial score (nSPS) is 11.0. The highest BCUT2D eigenvalue weighted by atomic mass is 32.2. The Morgan fingerprint density at radius 1 is 0.571 bits per heavy atom. The monoisotopic (exact) mass is 488 g/mol. The standard InChI is InChI=1S/C26H20N2O6S/c27-19-5-1-3-17(15-19)25(29)33-21-7-11-23(12-8-21)35(31,32)24-13-9-22(10-14-24)34-26(30)18-4-2-6-20(28)16-18/h1-16H,27-28H2. The summed E-state index contributed by atoms with van der Waals surface area (Å²) in [5, 5.41) is 0. The van der Waals surface area contributed by atoms with Gasteiger partial charge >= 0.3 is 11.9 Å². The number of carbonyl (C=O) groups is 2. The fourth-order valence-corrected chi connectivity index (χ4v) is 4.43. The second-order valence-electron chi connectivity index (χ2n) is 7.48. The van der Waals surface area contributed by atoms with E-state index in [1.165, 1.54) is 60.7 Å². The van der Waals surface area contributed by atoms with Crippen molar-refractivity contribution >= 4 is 33.2 Å². The molecule has 9 heteroatoms. The molecule has 4 aromatic carbocycles. The van der Waals surface area contributed by atoms with E-state index in [1.807, 2.05) is 0 Å². The molecule has 0 unspecified atom stereocenters. The van der Waals surface area contributed by atoms with Crippen LogP contribution in [0.1, 0.15) is 20.7 Å². The Balaban J connectivity index is 1.45. The molecule has 35 heavy (non-hydrogen) atoms. The lowest BCUT2D eigenvalue weighted by atomic mass is 10.2. The predicted molar refractivity (Wildman–Crippen MR) is 130 cm³/mol. The van der Waals surface area contributed by atoms with Crippen LogP contribution < -0.4 is 20.9 Å². The minimum absolute atomic E-state index is 0.00533. The fourth-order valence-electron chi connectivity index (χ4n) is 3.17. The van der Waals surface area contributed by atoms with E-state index in [1.54, 1.807) is 36.4 Å². The largest absolute Gasteiger partial charge is 0.423 e. The van der Waals surface area contributed by atoms with E-state index in [2.05, 4.69) is 0 Å². The molecule has 4 rings (SSSR count). The van der Waals surface area contributed by atoms with Crippen LogP contribution in [0.5, 0.6) is 11.5 Å². The molecule has 0 fully saturated rings. The van der Waals surface area contributed by atoms with E-state index < -0.39 is 21.8 Å². The molecule has 0 saturated carbocycles. The molecule has 4 N–H and O–H groups in total. The highest BCUT2D eigenvalue weighted by Crippen LogP contribution is 2.26. The molecule has 0 bridgehead atoms. The number of anilines is 2. The molecule has 0 atom stereocenters. The third-order valence-corrected chi connectivity index (χ3v) is 6.72. The summed E-state index contributed by atoms with van der Waals surface area (Å²) in [6, 6.07) is 23.5. The number of nitrogens with two attached hydrogens (primary N) is 2. The number of sulfone groups is 1. The van der Waals surface area contributed by atoms with Crippen molar-refractivity contribution in [3.05, 3.63) is 108 Å². The smallest absolute Gasteiger partial charge is 0.343 e. The van der Waals surface area contributed by atoms with Crippen molar-refractivity contribution in [2.24, 2.45) is 0 Å². The molecule has 0 aromatic heterocycles. The summed E-state index contributed by atoms with van der Waals surface area (Å²) in [6.07, 6.45) is 0. The van der Waals surface area contributed by atoms with E-state index in [0.29, 0.717) is 11.4 Å². The molecule has 0 saturated heterocycles. The van der Waals surface area contributed by atoms with Crippen LogP contribution in [0.3, 0.4) is 0 Å². The minimum atomic E-state index is -3.86. The van der Waals surface area contributed by atoms with E-state index in [-0.39, 0.29) is 32.4 Å². The quantitative estimate of drug-likeness (QED) is 0.235. The van der Waals surface area contributed by atoms with Crippen LogP contribution in [0.2, 0.25) is 0 Å². The summed E-state index contributed by atoms with van der Waals surface area (Å²) in [4.78, 5) is 24.5. The maximum absolute atomic E-state index is 13.0. The van der Waals surface area contributed by atoms with Gasteiger partial charge in [-0.2, -0.15) is 0 Å². The van der Waals surface area contributed by atoms with Gasteiger partial charge in [0.25, 0.3) is 0 Å². The van der Waals surface area contributed by atoms with Gasteiger partial charge in [-0.1, -0.05) is 12.1 Å².